The maximum atomic E-state index is 11.9. The number of hydrogen-bond acceptors (Lipinski definition) is 17. The van der Waals surface area contributed by atoms with Gasteiger partial charge in [-0.1, -0.05) is 0 Å². The first-order valence-corrected chi connectivity index (χ1v) is 21.1. The summed E-state index contributed by atoms with van der Waals surface area (Å²) < 4.78 is 6.10. The second-order valence-corrected chi connectivity index (χ2v) is 15.7. The van der Waals surface area contributed by atoms with Gasteiger partial charge in [0.15, 0.2) is 23.3 Å². The van der Waals surface area contributed by atoms with Crippen LogP contribution < -0.4 is 0 Å². The summed E-state index contributed by atoms with van der Waals surface area (Å²) in [5, 5.41) is 58.7. The maximum absolute atomic E-state index is 11.9. The molecule has 1 N–H and O–H groups in total. The number of nitrogens with one attached hydrogen (secondary N) is 1. The predicted molar refractivity (Wildman–Crippen MR) is 234 cm³/mol. The smallest absolute Gasteiger partial charge is 0.342 e. The molecule has 5 heterocycles. The lowest BCUT2D eigenvalue weighted by atomic mass is 10.1. The fourth-order valence-corrected chi connectivity index (χ4v) is 7.97. The van der Waals surface area contributed by atoms with Crippen molar-refractivity contribution >= 4 is 29.0 Å². The highest BCUT2D eigenvalue weighted by Crippen LogP contribution is 2.23. The summed E-state index contributed by atoms with van der Waals surface area (Å²) in [6, 6.07) is 0. The van der Waals surface area contributed by atoms with Gasteiger partial charge in [0.2, 0.25) is 0 Å². The van der Waals surface area contributed by atoms with Crippen molar-refractivity contribution in [3.63, 3.8) is 0 Å². The Morgan fingerprint density at radius 3 is 1.08 bits per heavy atom. The Morgan fingerprint density at radius 2 is 0.769 bits per heavy atom. The zero-order valence-corrected chi connectivity index (χ0v) is 37.1. The third-order valence-electron chi connectivity index (χ3n) is 11.7. The van der Waals surface area contributed by atoms with Crippen LogP contribution in [0.1, 0.15) is 53.8 Å². The van der Waals surface area contributed by atoms with Crippen molar-refractivity contribution in [2.45, 2.75) is 86.5 Å². The van der Waals surface area contributed by atoms with E-state index in [1.165, 1.54) is 49.3 Å². The summed E-state index contributed by atoms with van der Waals surface area (Å²) >= 11 is 0. The molecule has 0 atom stereocenters. The summed E-state index contributed by atoms with van der Waals surface area (Å²) in [7, 11) is 0. The van der Waals surface area contributed by atoms with Gasteiger partial charge in [0, 0.05) is 66.1 Å². The standard InChI is InChI=1S/C38H55N17O10/c1-28-33(34(23-39-28)51(56)57)9-14-44(12-8-13-46(17-21-49-31(4)42-26-37(49)54(62)63)18-22-50-32(5)43-27-38(50)55(64)65)10-6-7-11-45(15-19-47-29(2)40-24-35(47)52(58)59)16-20-48-30(3)41-25-36(48)53(60)61/h23-27,39H,6-22H2,1-5H3. The number of unbranched alkanes of at least 4 members (excludes halogenated alkanes) is 1. The molecule has 5 aromatic heterocycles. The van der Waals surface area contributed by atoms with Crippen LogP contribution in [0.25, 0.3) is 0 Å². The molecule has 27 heteroatoms. The first-order chi connectivity index (χ1) is 31.0. The summed E-state index contributed by atoms with van der Waals surface area (Å²) in [4.78, 5) is 82.2. The minimum Gasteiger partial charge on any atom is -0.359 e. The molecule has 0 fully saturated rings. The van der Waals surface area contributed by atoms with Gasteiger partial charge in [-0.3, -0.25) is 19.9 Å². The second kappa shape index (κ2) is 22.6. The van der Waals surface area contributed by atoms with E-state index in [0.717, 1.165) is 0 Å². The van der Waals surface area contributed by atoms with E-state index in [2.05, 4.69) is 39.6 Å². The van der Waals surface area contributed by atoms with Crippen LogP contribution in [0.2, 0.25) is 0 Å². The van der Waals surface area contributed by atoms with Crippen molar-refractivity contribution in [3.05, 3.63) is 116 Å². The van der Waals surface area contributed by atoms with Gasteiger partial charge in [-0.05, 0) is 78.5 Å². The molecule has 0 saturated carbocycles. The van der Waals surface area contributed by atoms with Gasteiger partial charge in [-0.25, -0.2) is 38.2 Å². The number of nitro groups is 5. The largest absolute Gasteiger partial charge is 0.359 e. The number of rotatable bonds is 29. The van der Waals surface area contributed by atoms with Crippen molar-refractivity contribution < 1.29 is 24.6 Å². The zero-order chi connectivity index (χ0) is 47.4. The molecule has 0 aliphatic carbocycles. The molecule has 0 saturated heterocycles. The van der Waals surface area contributed by atoms with E-state index in [-0.39, 0.29) is 55.1 Å². The highest BCUT2D eigenvalue weighted by molar-refractivity contribution is 5.42. The molecule has 5 rings (SSSR count). The normalized spacial score (nSPS) is 11.7. The van der Waals surface area contributed by atoms with Crippen LogP contribution in [0.4, 0.5) is 29.0 Å². The monoisotopic (exact) mass is 909 g/mol. The lowest BCUT2D eigenvalue weighted by Crippen LogP contribution is -2.36. The molecule has 0 amide bonds. The van der Waals surface area contributed by atoms with Crippen molar-refractivity contribution in [1.82, 2.24) is 57.9 Å². The van der Waals surface area contributed by atoms with Crippen LogP contribution >= 0.6 is 0 Å². The maximum Gasteiger partial charge on any atom is 0.342 e. The van der Waals surface area contributed by atoms with Gasteiger partial charge in [-0.2, -0.15) is 0 Å². The van der Waals surface area contributed by atoms with Crippen LogP contribution in [0.15, 0.2) is 31.0 Å². The minimum atomic E-state index is -0.490. The van der Waals surface area contributed by atoms with E-state index < -0.39 is 24.6 Å². The van der Waals surface area contributed by atoms with Gasteiger partial charge in [0.05, 0.1) is 16.7 Å². The molecule has 352 valence electrons. The van der Waals surface area contributed by atoms with Gasteiger partial charge in [-0.15, -0.1) is 0 Å². The van der Waals surface area contributed by atoms with E-state index in [1.807, 2.05) is 0 Å². The third-order valence-corrected chi connectivity index (χ3v) is 11.7. The van der Waals surface area contributed by atoms with E-state index in [9.17, 15) is 50.6 Å². The number of imidazole rings is 4. The topological polar surface area (TPSA) is 312 Å². The number of aryl methyl sites for hydroxylation is 5. The molecule has 65 heavy (non-hydrogen) atoms. The molecular weight excluding hydrogens is 855 g/mol. The van der Waals surface area contributed by atoms with E-state index in [4.69, 9.17) is 0 Å². The summed E-state index contributed by atoms with van der Waals surface area (Å²) in [5.41, 5.74) is 1.32. The van der Waals surface area contributed by atoms with Crippen LogP contribution in [-0.2, 0) is 32.6 Å². The number of nitrogens with zero attached hydrogens (tertiary/aromatic N) is 16. The Bertz CT molecular complexity index is 2330. The third kappa shape index (κ3) is 12.8. The van der Waals surface area contributed by atoms with Crippen molar-refractivity contribution in [3.8, 4) is 0 Å². The lowest BCUT2D eigenvalue weighted by molar-refractivity contribution is -0.392. The molecule has 0 bridgehead atoms. The Kier molecular flexibility index (Phi) is 17.0. The fraction of sp³-hybridized carbons (Fsp3) is 0.579. The number of aromatic amines is 1. The van der Waals surface area contributed by atoms with Crippen LogP contribution in [0.3, 0.4) is 0 Å². The number of hydrogen-bond donors (Lipinski definition) is 1. The summed E-state index contributed by atoms with van der Waals surface area (Å²) in [6.45, 7) is 13.9. The second-order valence-electron chi connectivity index (χ2n) is 15.7. The van der Waals surface area contributed by atoms with Crippen LogP contribution in [-0.4, -0.2) is 141 Å². The van der Waals surface area contributed by atoms with Crippen molar-refractivity contribution in [2.75, 3.05) is 58.9 Å². The van der Waals surface area contributed by atoms with Crippen molar-refractivity contribution in [2.24, 2.45) is 0 Å². The Morgan fingerprint density at radius 1 is 0.462 bits per heavy atom. The molecule has 5 aromatic rings. The first-order valence-electron chi connectivity index (χ1n) is 21.1. The Hall–Kier alpha value is -7.00. The molecule has 0 unspecified atom stereocenters. The minimum absolute atomic E-state index is 0.0128. The molecular formula is C38H55N17O10. The average molecular weight is 910 g/mol. The molecule has 0 aromatic carbocycles. The molecule has 0 radical (unpaired) electrons. The van der Waals surface area contributed by atoms with E-state index in [0.29, 0.717) is 119 Å². The fourth-order valence-electron chi connectivity index (χ4n) is 7.97. The van der Waals surface area contributed by atoms with E-state index >= 15 is 0 Å². The van der Waals surface area contributed by atoms with Crippen LogP contribution in [0.5, 0.6) is 0 Å². The van der Waals surface area contributed by atoms with Crippen molar-refractivity contribution in [1.29, 1.82) is 0 Å². The highest BCUT2D eigenvalue weighted by atomic mass is 16.6. The summed E-state index contributed by atoms with van der Waals surface area (Å²) in [6.07, 6.45) is 8.67. The number of H-pyrrole nitrogens is 1. The molecule has 0 spiro atoms. The van der Waals surface area contributed by atoms with Gasteiger partial charge in [0.25, 0.3) is 5.69 Å². The predicted octanol–water partition coefficient (Wildman–Crippen LogP) is 4.30. The Balaban J connectivity index is 1.29. The van der Waals surface area contributed by atoms with E-state index in [1.54, 1.807) is 34.6 Å². The molecule has 0 aliphatic heterocycles. The van der Waals surface area contributed by atoms with Gasteiger partial charge < -0.3 is 50.3 Å². The number of aromatic nitrogens is 9. The SMILES string of the molecule is Cc1[nH]cc([N+](=O)[O-])c1CCN(CCCCN(CCn1c([N+](=O)[O-])cnc1C)CCn1c([N+](=O)[O-])cnc1C)CCCN(CCn1c([N+](=O)[O-])cnc1C)CCn1c([N+](=O)[O-])cnc1C. The molecule has 0 aliphatic rings. The lowest BCUT2D eigenvalue weighted by Gasteiger charge is -2.26. The Labute approximate surface area is 372 Å². The average Bonchev–Trinajstić information content (AvgIpc) is 4.08. The highest BCUT2D eigenvalue weighted by Gasteiger charge is 2.24. The van der Waals surface area contributed by atoms with Gasteiger partial charge >= 0.3 is 23.3 Å². The zero-order valence-electron chi connectivity index (χ0n) is 37.1. The summed E-state index contributed by atoms with van der Waals surface area (Å²) in [5.74, 6) is 1.39. The quantitative estimate of drug-likeness (QED) is 0.0397. The first kappa shape index (κ1) is 49.0. The van der Waals surface area contributed by atoms with Crippen LogP contribution in [0, 0.1) is 85.2 Å². The van der Waals surface area contributed by atoms with Gasteiger partial charge in [0.1, 0.15) is 51.0 Å². The molecule has 27 nitrogen and oxygen atoms in total.